The van der Waals surface area contributed by atoms with E-state index in [1.54, 1.807) is 0 Å². The molecule has 3 rings (SSSR count). The lowest BCUT2D eigenvalue weighted by Gasteiger charge is -2.19. The molecule has 0 aliphatic carbocycles. The Morgan fingerprint density at radius 2 is 1.59 bits per heavy atom. The van der Waals surface area contributed by atoms with E-state index in [2.05, 4.69) is 94.0 Å². The molecule has 0 spiro atoms. The summed E-state index contributed by atoms with van der Waals surface area (Å²) in [5.41, 5.74) is 5.43. The summed E-state index contributed by atoms with van der Waals surface area (Å²) in [6, 6.07) is 17.7. The van der Waals surface area contributed by atoms with E-state index in [4.69, 9.17) is 0 Å². The largest absolute Gasteiger partial charge is 0.213 e. The van der Waals surface area contributed by atoms with Crippen LogP contribution in [0.4, 0.5) is 0 Å². The van der Waals surface area contributed by atoms with Gasteiger partial charge >= 0.3 is 0 Å². The standard InChI is InChI=1S/C21H24N/c1-15-8-6-7-9-19(15)20-13-16-10-11-18(21(2,3)4)12-17(16)14-22(20)5/h6-14H,1-5H3/q+1. The second-order valence-electron chi connectivity index (χ2n) is 7.18. The summed E-state index contributed by atoms with van der Waals surface area (Å²) in [7, 11) is 2.13. The molecule has 0 saturated heterocycles. The number of pyridine rings is 1. The molecule has 22 heavy (non-hydrogen) atoms. The molecule has 0 radical (unpaired) electrons. The van der Waals surface area contributed by atoms with Crippen molar-refractivity contribution in [3.63, 3.8) is 0 Å². The van der Waals surface area contributed by atoms with Crippen molar-refractivity contribution in [2.45, 2.75) is 33.1 Å². The lowest BCUT2D eigenvalue weighted by atomic mass is 9.86. The maximum absolute atomic E-state index is 2.32. The Morgan fingerprint density at radius 3 is 2.27 bits per heavy atom. The normalized spacial score (nSPS) is 11.9. The van der Waals surface area contributed by atoms with E-state index in [1.165, 1.54) is 33.2 Å². The number of hydrogen-bond acceptors (Lipinski definition) is 0. The van der Waals surface area contributed by atoms with E-state index in [1.807, 2.05) is 0 Å². The van der Waals surface area contributed by atoms with E-state index >= 15 is 0 Å². The molecule has 1 heteroatoms. The summed E-state index contributed by atoms with van der Waals surface area (Å²) >= 11 is 0. The van der Waals surface area contributed by atoms with Crippen LogP contribution in [0.2, 0.25) is 0 Å². The van der Waals surface area contributed by atoms with Gasteiger partial charge in [-0.2, -0.15) is 0 Å². The highest BCUT2D eigenvalue weighted by atomic mass is 14.9. The molecule has 3 aromatic rings. The first-order valence-corrected chi connectivity index (χ1v) is 7.86. The minimum Gasteiger partial charge on any atom is -0.200 e. The van der Waals surface area contributed by atoms with Crippen LogP contribution in [-0.4, -0.2) is 0 Å². The van der Waals surface area contributed by atoms with Gasteiger partial charge in [-0.3, -0.25) is 0 Å². The highest BCUT2D eigenvalue weighted by Gasteiger charge is 2.17. The van der Waals surface area contributed by atoms with Gasteiger partial charge < -0.3 is 0 Å². The zero-order chi connectivity index (χ0) is 15.9. The first-order chi connectivity index (χ1) is 10.4. The Morgan fingerprint density at radius 1 is 0.864 bits per heavy atom. The van der Waals surface area contributed by atoms with Crippen molar-refractivity contribution in [3.8, 4) is 11.3 Å². The third kappa shape index (κ3) is 2.64. The summed E-state index contributed by atoms with van der Waals surface area (Å²) in [5, 5.41) is 2.59. The average molecular weight is 290 g/mol. The molecule has 112 valence electrons. The molecule has 1 aromatic heterocycles. The van der Waals surface area contributed by atoms with Crippen LogP contribution >= 0.6 is 0 Å². The smallest absolute Gasteiger partial charge is 0.200 e. The van der Waals surface area contributed by atoms with Gasteiger partial charge in [-0.15, -0.1) is 0 Å². The van der Waals surface area contributed by atoms with E-state index in [0.717, 1.165) is 0 Å². The fourth-order valence-electron chi connectivity index (χ4n) is 2.94. The van der Waals surface area contributed by atoms with Crippen molar-refractivity contribution in [2.24, 2.45) is 7.05 Å². The van der Waals surface area contributed by atoms with Gasteiger partial charge in [0.15, 0.2) is 6.20 Å². The Hall–Kier alpha value is -2.15. The van der Waals surface area contributed by atoms with Crippen LogP contribution in [0, 0.1) is 6.92 Å². The van der Waals surface area contributed by atoms with E-state index in [9.17, 15) is 0 Å². The third-order valence-corrected chi connectivity index (χ3v) is 4.38. The van der Waals surface area contributed by atoms with E-state index in [0.29, 0.717) is 0 Å². The van der Waals surface area contributed by atoms with Crippen LogP contribution in [0.15, 0.2) is 54.7 Å². The zero-order valence-corrected chi connectivity index (χ0v) is 14.1. The Labute approximate surface area is 133 Å². The Bertz CT molecular complexity index is 838. The minimum atomic E-state index is 0.182. The van der Waals surface area contributed by atoms with Crippen LogP contribution in [0.25, 0.3) is 22.0 Å². The molecule has 0 fully saturated rings. The van der Waals surface area contributed by atoms with Crippen molar-refractivity contribution >= 4 is 10.8 Å². The molecule has 1 heterocycles. The van der Waals surface area contributed by atoms with Crippen molar-refractivity contribution in [3.05, 3.63) is 65.9 Å². The molecule has 0 amide bonds. The summed E-state index contributed by atoms with van der Waals surface area (Å²) in [4.78, 5) is 0. The molecule has 0 aliphatic heterocycles. The quantitative estimate of drug-likeness (QED) is 0.559. The highest BCUT2D eigenvalue weighted by Crippen LogP contribution is 2.28. The molecule has 0 saturated carbocycles. The van der Waals surface area contributed by atoms with E-state index in [-0.39, 0.29) is 5.41 Å². The van der Waals surface area contributed by atoms with Gasteiger partial charge in [-0.05, 0) is 41.0 Å². The molecule has 1 nitrogen and oxygen atoms in total. The van der Waals surface area contributed by atoms with Crippen LogP contribution in [-0.2, 0) is 12.5 Å². The summed E-state index contributed by atoms with van der Waals surface area (Å²) in [6.07, 6.45) is 2.24. The monoisotopic (exact) mass is 290 g/mol. The second kappa shape index (κ2) is 5.24. The molecule has 0 N–H and O–H groups in total. The summed E-state index contributed by atoms with van der Waals surface area (Å²) in [6.45, 7) is 8.95. The van der Waals surface area contributed by atoms with Crippen LogP contribution in [0.3, 0.4) is 0 Å². The van der Waals surface area contributed by atoms with E-state index < -0.39 is 0 Å². The number of nitrogens with zero attached hydrogens (tertiary/aromatic N) is 1. The lowest BCUT2D eigenvalue weighted by molar-refractivity contribution is -0.659. The molecule has 2 aromatic carbocycles. The highest BCUT2D eigenvalue weighted by molar-refractivity contribution is 5.85. The second-order valence-corrected chi connectivity index (χ2v) is 7.18. The van der Waals surface area contributed by atoms with Crippen LogP contribution in [0.5, 0.6) is 0 Å². The topological polar surface area (TPSA) is 3.88 Å². The molecule has 0 aliphatic rings. The first kappa shape index (κ1) is 14.8. The maximum atomic E-state index is 2.32. The predicted molar refractivity (Wildman–Crippen MR) is 94.0 cm³/mol. The van der Waals surface area contributed by atoms with Crippen LogP contribution < -0.4 is 4.57 Å². The number of hydrogen-bond donors (Lipinski definition) is 0. The van der Waals surface area contributed by atoms with Crippen molar-refractivity contribution in [1.29, 1.82) is 0 Å². The van der Waals surface area contributed by atoms with Gasteiger partial charge in [0.1, 0.15) is 7.05 Å². The van der Waals surface area contributed by atoms with Crippen molar-refractivity contribution < 1.29 is 4.57 Å². The average Bonchev–Trinajstić information content (AvgIpc) is 2.46. The van der Waals surface area contributed by atoms with Gasteiger partial charge in [-0.1, -0.05) is 51.1 Å². The molecule has 0 atom stereocenters. The molecule has 0 bridgehead atoms. The number of benzene rings is 2. The van der Waals surface area contributed by atoms with Gasteiger partial charge in [-0.25, -0.2) is 4.57 Å². The third-order valence-electron chi connectivity index (χ3n) is 4.38. The number of fused-ring (bicyclic) bond motifs is 1. The molecular formula is C21H24N+. The van der Waals surface area contributed by atoms with Gasteiger partial charge in [0, 0.05) is 17.0 Å². The molecule has 0 unspecified atom stereocenters. The fraction of sp³-hybridized carbons (Fsp3) is 0.286. The maximum Gasteiger partial charge on any atom is 0.213 e. The van der Waals surface area contributed by atoms with Gasteiger partial charge in [0.2, 0.25) is 5.69 Å². The number of aryl methyl sites for hydroxylation is 2. The Kier molecular flexibility index (Phi) is 3.52. The molecular weight excluding hydrogens is 266 g/mol. The van der Waals surface area contributed by atoms with Crippen molar-refractivity contribution in [1.82, 2.24) is 0 Å². The first-order valence-electron chi connectivity index (χ1n) is 7.86. The van der Waals surface area contributed by atoms with Crippen LogP contribution in [0.1, 0.15) is 31.9 Å². The van der Waals surface area contributed by atoms with Crippen molar-refractivity contribution in [2.75, 3.05) is 0 Å². The SMILES string of the molecule is Cc1ccccc1-c1cc2ccc(C(C)(C)C)cc2c[n+]1C. The minimum absolute atomic E-state index is 0.182. The number of rotatable bonds is 1. The van der Waals surface area contributed by atoms with Gasteiger partial charge in [0.25, 0.3) is 0 Å². The summed E-state index contributed by atoms with van der Waals surface area (Å²) < 4.78 is 2.23. The summed E-state index contributed by atoms with van der Waals surface area (Å²) in [5.74, 6) is 0. The fourth-order valence-corrected chi connectivity index (χ4v) is 2.94. The zero-order valence-electron chi connectivity index (χ0n) is 14.1. The lowest BCUT2D eigenvalue weighted by Crippen LogP contribution is -2.30. The Balaban J connectivity index is 2.20. The van der Waals surface area contributed by atoms with Gasteiger partial charge in [0.05, 0.1) is 0 Å². The predicted octanol–water partition coefficient (Wildman–Crippen LogP) is 4.94. The number of aromatic nitrogens is 1.